The fourth-order valence-corrected chi connectivity index (χ4v) is 7.28. The summed E-state index contributed by atoms with van der Waals surface area (Å²) < 4.78 is 0. The standard InChI is InChI=1S/C47H31N3/c48-30-31-18-20-33(21-19-31)38-14-8-9-17-41(38)45-29-44(34-11-2-1-3-12-34)49-47(50-45)36-24-22-35(23-25-36)46-40-16-7-5-13-37(40)28-43-39-15-6-4-10-32(39)26-27-42(43)46/h1-29,44H,(H,49,50). The van der Waals surface area contributed by atoms with E-state index in [1.54, 1.807) is 0 Å². The molecule has 1 aliphatic heterocycles. The van der Waals surface area contributed by atoms with Crippen LogP contribution in [0.2, 0.25) is 0 Å². The molecule has 0 aliphatic carbocycles. The Balaban J connectivity index is 1.16. The molecule has 50 heavy (non-hydrogen) atoms. The summed E-state index contributed by atoms with van der Waals surface area (Å²) in [4.78, 5) is 5.27. The SMILES string of the molecule is N#Cc1ccc(-c2ccccc2C2=CC(c3ccccc3)NC(c3ccc(-c4c5ccccc5cc5c4ccc4ccccc45)cc3)=N2)cc1. The largest absolute Gasteiger partial charge is 0.359 e. The fraction of sp³-hybridized carbons (Fsp3) is 0.0213. The number of nitriles is 1. The van der Waals surface area contributed by atoms with Crippen LogP contribution in [0.25, 0.3) is 60.3 Å². The second kappa shape index (κ2) is 12.4. The third kappa shape index (κ3) is 5.21. The minimum atomic E-state index is -0.0670. The van der Waals surface area contributed by atoms with Gasteiger partial charge >= 0.3 is 0 Å². The van der Waals surface area contributed by atoms with Crippen molar-refractivity contribution in [3.63, 3.8) is 0 Å². The van der Waals surface area contributed by atoms with E-state index in [1.807, 2.05) is 30.3 Å². The van der Waals surface area contributed by atoms with Crippen molar-refractivity contribution in [1.29, 1.82) is 5.26 Å². The molecule has 0 saturated carbocycles. The van der Waals surface area contributed by atoms with Gasteiger partial charge in [-0.15, -0.1) is 0 Å². The lowest BCUT2D eigenvalue weighted by Gasteiger charge is -2.25. The van der Waals surface area contributed by atoms with Crippen molar-refractivity contribution in [2.24, 2.45) is 4.99 Å². The van der Waals surface area contributed by atoms with Crippen LogP contribution in [0.4, 0.5) is 0 Å². The quantitative estimate of drug-likeness (QED) is 0.151. The number of amidine groups is 1. The normalized spacial score (nSPS) is 14.2. The highest BCUT2D eigenvalue weighted by Crippen LogP contribution is 2.40. The number of nitrogens with one attached hydrogen (secondary N) is 1. The molecule has 3 heteroatoms. The molecular weight excluding hydrogens is 607 g/mol. The van der Waals surface area contributed by atoms with Gasteiger partial charge in [0.2, 0.25) is 0 Å². The van der Waals surface area contributed by atoms with Gasteiger partial charge in [-0.05, 0) is 84.4 Å². The van der Waals surface area contributed by atoms with Crippen molar-refractivity contribution in [3.8, 4) is 28.3 Å². The van der Waals surface area contributed by atoms with Crippen LogP contribution >= 0.6 is 0 Å². The smallest absolute Gasteiger partial charge is 0.134 e. The van der Waals surface area contributed by atoms with Crippen LogP contribution in [-0.4, -0.2) is 5.84 Å². The van der Waals surface area contributed by atoms with E-state index in [1.165, 1.54) is 49.0 Å². The van der Waals surface area contributed by atoms with Gasteiger partial charge < -0.3 is 5.32 Å². The van der Waals surface area contributed by atoms with Crippen molar-refractivity contribution >= 4 is 43.9 Å². The average molecular weight is 638 g/mol. The first-order valence-corrected chi connectivity index (χ1v) is 16.9. The number of fused-ring (bicyclic) bond motifs is 4. The molecule has 0 fully saturated rings. The first-order chi connectivity index (χ1) is 24.7. The van der Waals surface area contributed by atoms with E-state index in [-0.39, 0.29) is 6.04 Å². The van der Waals surface area contributed by atoms with Crippen molar-refractivity contribution in [3.05, 3.63) is 198 Å². The highest BCUT2D eigenvalue weighted by Gasteiger charge is 2.22. The Bertz CT molecular complexity index is 2660. The Kier molecular flexibility index (Phi) is 7.26. The van der Waals surface area contributed by atoms with E-state index in [0.29, 0.717) is 5.56 Å². The maximum absolute atomic E-state index is 9.36. The second-order valence-electron chi connectivity index (χ2n) is 12.7. The number of rotatable bonds is 5. The number of hydrogen-bond acceptors (Lipinski definition) is 3. The van der Waals surface area contributed by atoms with Gasteiger partial charge in [-0.3, -0.25) is 0 Å². The minimum Gasteiger partial charge on any atom is -0.359 e. The van der Waals surface area contributed by atoms with Gasteiger partial charge in [-0.2, -0.15) is 5.26 Å². The molecule has 1 N–H and O–H groups in total. The Hall–Kier alpha value is -6.76. The minimum absolute atomic E-state index is 0.0670. The highest BCUT2D eigenvalue weighted by atomic mass is 15.0. The summed E-state index contributed by atoms with van der Waals surface area (Å²) in [5.41, 5.74) is 9.32. The van der Waals surface area contributed by atoms with Crippen LogP contribution in [0.15, 0.2) is 181 Å². The van der Waals surface area contributed by atoms with E-state index in [9.17, 15) is 5.26 Å². The fourth-order valence-electron chi connectivity index (χ4n) is 7.28. The van der Waals surface area contributed by atoms with E-state index in [2.05, 4.69) is 157 Å². The first-order valence-electron chi connectivity index (χ1n) is 16.9. The number of aliphatic imine (C=N–C) groups is 1. The molecule has 0 spiro atoms. The summed E-state index contributed by atoms with van der Waals surface area (Å²) in [6, 6.07) is 61.8. The summed E-state index contributed by atoms with van der Waals surface area (Å²) in [6.07, 6.45) is 2.21. The third-order valence-electron chi connectivity index (χ3n) is 9.75. The molecule has 9 rings (SSSR count). The van der Waals surface area contributed by atoms with Crippen LogP contribution in [0.5, 0.6) is 0 Å². The van der Waals surface area contributed by atoms with E-state index < -0.39 is 0 Å². The molecule has 1 aliphatic rings. The lowest BCUT2D eigenvalue weighted by atomic mass is 9.89. The Morgan fingerprint density at radius 1 is 0.500 bits per heavy atom. The molecule has 1 heterocycles. The molecular formula is C47H31N3. The van der Waals surface area contributed by atoms with Gasteiger partial charge in [0.1, 0.15) is 5.84 Å². The van der Waals surface area contributed by atoms with Crippen LogP contribution in [-0.2, 0) is 0 Å². The summed E-state index contributed by atoms with van der Waals surface area (Å²) in [6.45, 7) is 0. The van der Waals surface area contributed by atoms with Crippen molar-refractivity contribution in [1.82, 2.24) is 5.32 Å². The van der Waals surface area contributed by atoms with Gasteiger partial charge in [-0.25, -0.2) is 4.99 Å². The molecule has 1 unspecified atom stereocenters. The lowest BCUT2D eigenvalue weighted by Crippen LogP contribution is -2.31. The molecule has 234 valence electrons. The molecule has 0 amide bonds. The van der Waals surface area contributed by atoms with Gasteiger partial charge in [0.25, 0.3) is 0 Å². The summed E-state index contributed by atoms with van der Waals surface area (Å²) in [7, 11) is 0. The van der Waals surface area contributed by atoms with E-state index >= 15 is 0 Å². The maximum atomic E-state index is 9.36. The number of hydrogen-bond donors (Lipinski definition) is 1. The first kappa shape index (κ1) is 29.4. The predicted octanol–water partition coefficient (Wildman–Crippen LogP) is 11.5. The van der Waals surface area contributed by atoms with Gasteiger partial charge in [-0.1, -0.05) is 152 Å². The van der Waals surface area contributed by atoms with Crippen molar-refractivity contribution in [2.45, 2.75) is 6.04 Å². The lowest BCUT2D eigenvalue weighted by molar-refractivity contribution is 0.781. The number of nitrogens with zero attached hydrogens (tertiary/aromatic N) is 2. The average Bonchev–Trinajstić information content (AvgIpc) is 3.20. The van der Waals surface area contributed by atoms with Crippen LogP contribution in [0.3, 0.4) is 0 Å². The summed E-state index contributed by atoms with van der Waals surface area (Å²) in [5.74, 6) is 0.825. The van der Waals surface area contributed by atoms with Gasteiger partial charge in [0, 0.05) is 11.1 Å². The predicted molar refractivity (Wildman–Crippen MR) is 208 cm³/mol. The topological polar surface area (TPSA) is 48.2 Å². The molecule has 1 atom stereocenters. The molecule has 0 saturated heterocycles. The van der Waals surface area contributed by atoms with Crippen molar-refractivity contribution < 1.29 is 0 Å². The third-order valence-corrected chi connectivity index (χ3v) is 9.75. The van der Waals surface area contributed by atoms with Gasteiger partial charge in [0.05, 0.1) is 23.4 Å². The zero-order valence-corrected chi connectivity index (χ0v) is 27.2. The highest BCUT2D eigenvalue weighted by molar-refractivity contribution is 6.20. The van der Waals surface area contributed by atoms with E-state index in [0.717, 1.165) is 33.8 Å². The second-order valence-corrected chi connectivity index (χ2v) is 12.7. The molecule has 0 aromatic heterocycles. The monoisotopic (exact) mass is 637 g/mol. The molecule has 8 aromatic carbocycles. The van der Waals surface area contributed by atoms with Crippen LogP contribution in [0.1, 0.15) is 28.3 Å². The molecule has 0 bridgehead atoms. The Labute approximate surface area is 291 Å². The summed E-state index contributed by atoms with van der Waals surface area (Å²) >= 11 is 0. The van der Waals surface area contributed by atoms with Gasteiger partial charge in [0.15, 0.2) is 0 Å². The molecule has 8 aromatic rings. The van der Waals surface area contributed by atoms with Crippen molar-refractivity contribution in [2.75, 3.05) is 0 Å². The maximum Gasteiger partial charge on any atom is 0.134 e. The number of benzene rings is 8. The van der Waals surface area contributed by atoms with E-state index in [4.69, 9.17) is 4.99 Å². The summed E-state index contributed by atoms with van der Waals surface area (Å²) in [5, 5.41) is 20.6. The Morgan fingerprint density at radius 2 is 1.14 bits per heavy atom. The van der Waals surface area contributed by atoms with Crippen LogP contribution in [0, 0.1) is 11.3 Å². The zero-order chi connectivity index (χ0) is 33.4. The zero-order valence-electron chi connectivity index (χ0n) is 27.2. The molecule has 3 nitrogen and oxygen atoms in total. The Morgan fingerprint density at radius 3 is 1.92 bits per heavy atom. The molecule has 0 radical (unpaired) electrons. The van der Waals surface area contributed by atoms with Crippen LogP contribution < -0.4 is 5.32 Å².